The van der Waals surface area contributed by atoms with E-state index in [9.17, 15) is 0 Å². The second-order valence-corrected chi connectivity index (χ2v) is 4.62. The van der Waals surface area contributed by atoms with E-state index in [0.717, 1.165) is 27.9 Å². The van der Waals surface area contributed by atoms with Gasteiger partial charge in [0.2, 0.25) is 0 Å². The molecule has 3 nitrogen and oxygen atoms in total. The second kappa shape index (κ2) is 4.88. The zero-order valence-electron chi connectivity index (χ0n) is 10.6. The minimum absolute atomic E-state index is 0.0977. The molecule has 0 unspecified atom stereocenters. The first-order chi connectivity index (χ1) is 9.28. The lowest BCUT2D eigenvalue weighted by atomic mass is 10.1. The number of rotatable bonds is 3. The van der Waals surface area contributed by atoms with Gasteiger partial charge in [-0.3, -0.25) is 0 Å². The SMILES string of the molecule is C[C@H](NO)c1ccc2oc(-c3ccccc3)cc2c1. The van der Waals surface area contributed by atoms with Crippen molar-refractivity contribution >= 4 is 11.0 Å². The summed E-state index contributed by atoms with van der Waals surface area (Å²) < 4.78 is 5.84. The molecular formula is C16H15NO2. The summed E-state index contributed by atoms with van der Waals surface area (Å²) in [6, 6.07) is 17.9. The van der Waals surface area contributed by atoms with Gasteiger partial charge in [-0.15, -0.1) is 0 Å². The van der Waals surface area contributed by atoms with Crippen LogP contribution in [0.5, 0.6) is 0 Å². The Morgan fingerprint density at radius 2 is 1.84 bits per heavy atom. The van der Waals surface area contributed by atoms with Crippen molar-refractivity contribution in [2.24, 2.45) is 0 Å². The maximum atomic E-state index is 8.97. The average molecular weight is 253 g/mol. The fourth-order valence-corrected chi connectivity index (χ4v) is 2.15. The van der Waals surface area contributed by atoms with Gasteiger partial charge in [0.05, 0.1) is 6.04 Å². The topological polar surface area (TPSA) is 45.4 Å². The molecule has 3 rings (SSSR count). The number of hydroxylamine groups is 1. The molecule has 3 heteroatoms. The third kappa shape index (κ3) is 2.26. The highest BCUT2D eigenvalue weighted by atomic mass is 16.5. The molecule has 0 bridgehead atoms. The van der Waals surface area contributed by atoms with E-state index in [2.05, 4.69) is 5.48 Å². The van der Waals surface area contributed by atoms with Crippen molar-refractivity contribution < 1.29 is 9.62 Å². The van der Waals surface area contributed by atoms with Crippen LogP contribution in [0.25, 0.3) is 22.3 Å². The van der Waals surface area contributed by atoms with Gasteiger partial charge in [-0.25, -0.2) is 0 Å². The van der Waals surface area contributed by atoms with Crippen LogP contribution in [0, 0.1) is 0 Å². The fourth-order valence-electron chi connectivity index (χ4n) is 2.15. The van der Waals surface area contributed by atoms with Gasteiger partial charge in [-0.2, -0.15) is 5.48 Å². The molecule has 0 saturated carbocycles. The van der Waals surface area contributed by atoms with Crippen molar-refractivity contribution in [3.63, 3.8) is 0 Å². The van der Waals surface area contributed by atoms with Gasteiger partial charge in [0.25, 0.3) is 0 Å². The fraction of sp³-hybridized carbons (Fsp3) is 0.125. The molecule has 0 fully saturated rings. The molecular weight excluding hydrogens is 238 g/mol. The number of nitrogens with one attached hydrogen (secondary N) is 1. The summed E-state index contributed by atoms with van der Waals surface area (Å²) in [6.45, 7) is 1.90. The first kappa shape index (κ1) is 12.0. The van der Waals surface area contributed by atoms with Crippen LogP contribution in [-0.2, 0) is 0 Å². The lowest BCUT2D eigenvalue weighted by molar-refractivity contribution is 0.133. The molecule has 1 heterocycles. The molecule has 0 saturated heterocycles. The Morgan fingerprint density at radius 3 is 2.58 bits per heavy atom. The minimum atomic E-state index is -0.0977. The molecule has 0 amide bonds. The molecule has 0 radical (unpaired) electrons. The van der Waals surface area contributed by atoms with E-state index in [1.54, 1.807) is 0 Å². The summed E-state index contributed by atoms with van der Waals surface area (Å²) in [5.74, 6) is 0.859. The first-order valence-electron chi connectivity index (χ1n) is 6.26. The van der Waals surface area contributed by atoms with E-state index in [-0.39, 0.29) is 6.04 Å². The predicted molar refractivity (Wildman–Crippen MR) is 75.0 cm³/mol. The van der Waals surface area contributed by atoms with E-state index < -0.39 is 0 Å². The summed E-state index contributed by atoms with van der Waals surface area (Å²) in [6.07, 6.45) is 0. The third-order valence-electron chi connectivity index (χ3n) is 3.29. The third-order valence-corrected chi connectivity index (χ3v) is 3.29. The predicted octanol–water partition coefficient (Wildman–Crippen LogP) is 4.14. The number of hydrogen-bond donors (Lipinski definition) is 2. The second-order valence-electron chi connectivity index (χ2n) is 4.62. The quantitative estimate of drug-likeness (QED) is 0.689. The van der Waals surface area contributed by atoms with Crippen molar-refractivity contribution in [2.45, 2.75) is 13.0 Å². The summed E-state index contributed by atoms with van der Waals surface area (Å²) in [5, 5.41) is 10.0. The van der Waals surface area contributed by atoms with Crippen LogP contribution in [-0.4, -0.2) is 5.21 Å². The molecule has 1 atom stereocenters. The molecule has 2 N–H and O–H groups in total. The van der Waals surface area contributed by atoms with Crippen molar-refractivity contribution in [1.82, 2.24) is 5.48 Å². The van der Waals surface area contributed by atoms with Gasteiger partial charge in [0, 0.05) is 10.9 Å². The van der Waals surface area contributed by atoms with E-state index in [0.29, 0.717) is 0 Å². The van der Waals surface area contributed by atoms with Crippen molar-refractivity contribution in [3.05, 3.63) is 60.2 Å². The summed E-state index contributed by atoms with van der Waals surface area (Å²) >= 11 is 0. The van der Waals surface area contributed by atoms with E-state index in [4.69, 9.17) is 9.62 Å². The van der Waals surface area contributed by atoms with Crippen LogP contribution < -0.4 is 5.48 Å². The summed E-state index contributed by atoms with van der Waals surface area (Å²) in [7, 11) is 0. The zero-order chi connectivity index (χ0) is 13.2. The van der Waals surface area contributed by atoms with Gasteiger partial charge >= 0.3 is 0 Å². The lowest BCUT2D eigenvalue weighted by Crippen LogP contribution is -2.12. The smallest absolute Gasteiger partial charge is 0.135 e. The first-order valence-corrected chi connectivity index (χ1v) is 6.26. The summed E-state index contributed by atoms with van der Waals surface area (Å²) in [4.78, 5) is 0. The number of hydrogen-bond acceptors (Lipinski definition) is 3. The number of benzene rings is 2. The molecule has 3 aromatic rings. The molecule has 1 aromatic heterocycles. The molecule has 0 aliphatic rings. The van der Waals surface area contributed by atoms with Gasteiger partial charge in [0.1, 0.15) is 11.3 Å². The Hall–Kier alpha value is -2.10. The van der Waals surface area contributed by atoms with E-state index in [1.807, 2.05) is 61.5 Å². The Balaban J connectivity index is 2.06. The summed E-state index contributed by atoms with van der Waals surface area (Å²) in [5.41, 5.74) is 5.20. The molecule has 96 valence electrons. The Morgan fingerprint density at radius 1 is 1.05 bits per heavy atom. The Labute approximate surface area is 111 Å². The van der Waals surface area contributed by atoms with E-state index in [1.165, 1.54) is 0 Å². The van der Waals surface area contributed by atoms with E-state index >= 15 is 0 Å². The highest BCUT2D eigenvalue weighted by Crippen LogP contribution is 2.29. The lowest BCUT2D eigenvalue weighted by Gasteiger charge is -2.08. The van der Waals surface area contributed by atoms with Gasteiger partial charge in [-0.1, -0.05) is 36.4 Å². The van der Waals surface area contributed by atoms with Gasteiger partial charge in [0.15, 0.2) is 0 Å². The van der Waals surface area contributed by atoms with Crippen LogP contribution in [0.15, 0.2) is 59.0 Å². The average Bonchev–Trinajstić information content (AvgIpc) is 2.90. The van der Waals surface area contributed by atoms with Crippen molar-refractivity contribution in [2.75, 3.05) is 0 Å². The standard InChI is InChI=1S/C16H15NO2/c1-11(17-18)13-7-8-15-14(9-13)10-16(19-15)12-5-3-2-4-6-12/h2-11,17-18H,1H3/t11-/m0/s1. The molecule has 0 aliphatic heterocycles. The minimum Gasteiger partial charge on any atom is -0.456 e. The highest BCUT2D eigenvalue weighted by Gasteiger charge is 2.09. The Kier molecular flexibility index (Phi) is 3.07. The van der Waals surface area contributed by atoms with Crippen molar-refractivity contribution in [1.29, 1.82) is 0 Å². The molecule has 0 spiro atoms. The zero-order valence-corrected chi connectivity index (χ0v) is 10.6. The molecule has 0 aliphatic carbocycles. The maximum absolute atomic E-state index is 8.97. The van der Waals surface area contributed by atoms with Gasteiger partial charge in [-0.05, 0) is 30.7 Å². The van der Waals surface area contributed by atoms with Crippen LogP contribution in [0.1, 0.15) is 18.5 Å². The normalized spacial score (nSPS) is 12.7. The maximum Gasteiger partial charge on any atom is 0.135 e. The number of fused-ring (bicyclic) bond motifs is 1. The molecule has 2 aromatic carbocycles. The van der Waals surface area contributed by atoms with Crippen LogP contribution >= 0.6 is 0 Å². The monoisotopic (exact) mass is 253 g/mol. The molecule has 19 heavy (non-hydrogen) atoms. The largest absolute Gasteiger partial charge is 0.456 e. The van der Waals surface area contributed by atoms with Gasteiger partial charge < -0.3 is 9.62 Å². The van der Waals surface area contributed by atoms with Crippen LogP contribution in [0.2, 0.25) is 0 Å². The van der Waals surface area contributed by atoms with Crippen LogP contribution in [0.4, 0.5) is 0 Å². The van der Waals surface area contributed by atoms with Crippen molar-refractivity contribution in [3.8, 4) is 11.3 Å². The number of furan rings is 1. The highest BCUT2D eigenvalue weighted by molar-refractivity contribution is 5.83. The van der Waals surface area contributed by atoms with Crippen LogP contribution in [0.3, 0.4) is 0 Å². The Bertz CT molecular complexity index is 688.